The van der Waals surface area contributed by atoms with Gasteiger partial charge in [0.25, 0.3) is 0 Å². The van der Waals surface area contributed by atoms with Crippen LogP contribution in [-0.4, -0.2) is 0 Å². The molecule has 0 aliphatic carbocycles. The summed E-state index contributed by atoms with van der Waals surface area (Å²) in [4.78, 5) is 0. The van der Waals surface area contributed by atoms with Crippen LogP contribution in [0.5, 0.6) is 0 Å². The lowest BCUT2D eigenvalue weighted by atomic mass is 10.0. The van der Waals surface area contributed by atoms with E-state index >= 15 is 0 Å². The lowest BCUT2D eigenvalue weighted by Gasteiger charge is -2.05. The van der Waals surface area contributed by atoms with Crippen LogP contribution < -0.4 is 0 Å². The molecule has 70 valence electrons. The molecule has 0 rings (SSSR count). The SMILES string of the molecule is CC=CCC(C)CCC=C(C)C. The van der Waals surface area contributed by atoms with Gasteiger partial charge in [-0.05, 0) is 46.0 Å². The number of hydrogen-bond donors (Lipinski definition) is 0. The zero-order valence-electron chi connectivity index (χ0n) is 8.93. The van der Waals surface area contributed by atoms with Crippen LogP contribution >= 0.6 is 0 Å². The largest absolute Gasteiger partial charge is 0.0917 e. The van der Waals surface area contributed by atoms with Crippen LogP contribution in [-0.2, 0) is 0 Å². The Morgan fingerprint density at radius 3 is 2.50 bits per heavy atom. The highest BCUT2D eigenvalue weighted by atomic mass is 14.0. The third-order valence-electron chi connectivity index (χ3n) is 1.99. The Hall–Kier alpha value is -0.520. The molecule has 0 amide bonds. The first kappa shape index (κ1) is 11.5. The van der Waals surface area contributed by atoms with Gasteiger partial charge in [0.05, 0.1) is 0 Å². The van der Waals surface area contributed by atoms with Crippen molar-refractivity contribution in [2.24, 2.45) is 5.92 Å². The lowest BCUT2D eigenvalue weighted by molar-refractivity contribution is 0.545. The Kier molecular flexibility index (Phi) is 6.84. The van der Waals surface area contributed by atoms with E-state index in [2.05, 4.69) is 45.9 Å². The summed E-state index contributed by atoms with van der Waals surface area (Å²) >= 11 is 0. The summed E-state index contributed by atoms with van der Waals surface area (Å²) in [6.45, 7) is 8.73. The highest BCUT2D eigenvalue weighted by Gasteiger charge is 1.96. The molecule has 0 heteroatoms. The Morgan fingerprint density at radius 1 is 1.33 bits per heavy atom. The van der Waals surface area contributed by atoms with Crippen LogP contribution in [0.2, 0.25) is 0 Å². The third kappa shape index (κ3) is 7.59. The standard InChI is InChI=1S/C12H22/c1-5-6-9-12(4)10-7-8-11(2)3/h5-6,8,12H,7,9-10H2,1-4H3. The van der Waals surface area contributed by atoms with Crippen molar-refractivity contribution in [2.45, 2.75) is 47.0 Å². The second-order valence-corrected chi connectivity index (χ2v) is 3.77. The van der Waals surface area contributed by atoms with Gasteiger partial charge in [0.2, 0.25) is 0 Å². The first-order valence-corrected chi connectivity index (χ1v) is 4.91. The molecule has 0 aromatic rings. The van der Waals surface area contributed by atoms with Gasteiger partial charge < -0.3 is 0 Å². The Morgan fingerprint density at radius 2 is 2.00 bits per heavy atom. The molecule has 12 heavy (non-hydrogen) atoms. The zero-order chi connectivity index (χ0) is 9.40. The molecular weight excluding hydrogens is 144 g/mol. The van der Waals surface area contributed by atoms with Gasteiger partial charge in [0, 0.05) is 0 Å². The second-order valence-electron chi connectivity index (χ2n) is 3.77. The van der Waals surface area contributed by atoms with Crippen LogP contribution in [0.3, 0.4) is 0 Å². The number of hydrogen-bond acceptors (Lipinski definition) is 0. The maximum absolute atomic E-state index is 2.33. The van der Waals surface area contributed by atoms with Crippen molar-refractivity contribution in [3.63, 3.8) is 0 Å². The fourth-order valence-corrected chi connectivity index (χ4v) is 1.14. The molecule has 0 aliphatic heterocycles. The molecule has 0 aromatic heterocycles. The van der Waals surface area contributed by atoms with E-state index in [1.54, 1.807) is 0 Å². The normalized spacial score (nSPS) is 13.3. The Bertz CT molecular complexity index is 147. The molecule has 0 saturated heterocycles. The minimum Gasteiger partial charge on any atom is -0.0917 e. The molecular formula is C12H22. The van der Waals surface area contributed by atoms with Crippen molar-refractivity contribution < 1.29 is 0 Å². The average molecular weight is 166 g/mol. The first-order chi connectivity index (χ1) is 5.66. The van der Waals surface area contributed by atoms with Gasteiger partial charge in [0.15, 0.2) is 0 Å². The lowest BCUT2D eigenvalue weighted by Crippen LogP contribution is -1.91. The summed E-state index contributed by atoms with van der Waals surface area (Å²) in [5, 5.41) is 0. The van der Waals surface area contributed by atoms with E-state index < -0.39 is 0 Å². The summed E-state index contributed by atoms with van der Waals surface area (Å²) in [6.07, 6.45) is 10.5. The van der Waals surface area contributed by atoms with Crippen LogP contribution in [0, 0.1) is 5.92 Å². The molecule has 1 atom stereocenters. The summed E-state index contributed by atoms with van der Waals surface area (Å²) in [5.41, 5.74) is 1.44. The first-order valence-electron chi connectivity index (χ1n) is 4.91. The molecule has 0 N–H and O–H groups in total. The molecule has 0 fully saturated rings. The minimum atomic E-state index is 0.830. The predicted molar refractivity (Wildman–Crippen MR) is 57.3 cm³/mol. The van der Waals surface area contributed by atoms with Gasteiger partial charge in [-0.15, -0.1) is 0 Å². The van der Waals surface area contributed by atoms with Crippen molar-refractivity contribution >= 4 is 0 Å². The Labute approximate surface area is 77.4 Å². The quantitative estimate of drug-likeness (QED) is 0.533. The fraction of sp³-hybridized carbons (Fsp3) is 0.667. The molecule has 0 nitrogen and oxygen atoms in total. The number of rotatable bonds is 5. The van der Waals surface area contributed by atoms with Gasteiger partial charge >= 0.3 is 0 Å². The summed E-state index contributed by atoms with van der Waals surface area (Å²) in [5.74, 6) is 0.830. The van der Waals surface area contributed by atoms with Gasteiger partial charge in [-0.1, -0.05) is 30.7 Å². The predicted octanol–water partition coefficient (Wildman–Crippen LogP) is 4.34. The molecule has 0 bridgehead atoms. The Balaban J connectivity index is 3.43. The van der Waals surface area contributed by atoms with E-state index in [0.717, 1.165) is 5.92 Å². The summed E-state index contributed by atoms with van der Waals surface area (Å²) < 4.78 is 0. The van der Waals surface area contributed by atoms with Crippen molar-refractivity contribution in [1.29, 1.82) is 0 Å². The van der Waals surface area contributed by atoms with Crippen molar-refractivity contribution in [3.05, 3.63) is 23.8 Å². The van der Waals surface area contributed by atoms with Crippen LogP contribution in [0.25, 0.3) is 0 Å². The van der Waals surface area contributed by atoms with Gasteiger partial charge in [-0.3, -0.25) is 0 Å². The smallest absolute Gasteiger partial charge is 0.0325 e. The molecule has 0 saturated carbocycles. The van der Waals surface area contributed by atoms with Crippen LogP contribution in [0.1, 0.15) is 47.0 Å². The van der Waals surface area contributed by atoms with Crippen LogP contribution in [0.15, 0.2) is 23.8 Å². The van der Waals surface area contributed by atoms with E-state index in [4.69, 9.17) is 0 Å². The van der Waals surface area contributed by atoms with Crippen molar-refractivity contribution in [3.8, 4) is 0 Å². The maximum atomic E-state index is 2.33. The van der Waals surface area contributed by atoms with Gasteiger partial charge in [-0.25, -0.2) is 0 Å². The minimum absolute atomic E-state index is 0.830. The zero-order valence-corrected chi connectivity index (χ0v) is 8.93. The highest BCUT2D eigenvalue weighted by molar-refractivity contribution is 4.93. The molecule has 0 heterocycles. The fourth-order valence-electron chi connectivity index (χ4n) is 1.14. The third-order valence-corrected chi connectivity index (χ3v) is 1.99. The molecule has 0 spiro atoms. The monoisotopic (exact) mass is 166 g/mol. The summed E-state index contributed by atoms with van der Waals surface area (Å²) in [7, 11) is 0. The number of allylic oxidation sites excluding steroid dienone is 4. The van der Waals surface area contributed by atoms with E-state index in [1.807, 2.05) is 0 Å². The highest BCUT2D eigenvalue weighted by Crippen LogP contribution is 2.11. The van der Waals surface area contributed by atoms with E-state index in [1.165, 1.54) is 24.8 Å². The van der Waals surface area contributed by atoms with E-state index in [9.17, 15) is 0 Å². The maximum Gasteiger partial charge on any atom is -0.0325 e. The van der Waals surface area contributed by atoms with Gasteiger partial charge in [0.1, 0.15) is 0 Å². The second kappa shape index (κ2) is 7.15. The summed E-state index contributed by atoms with van der Waals surface area (Å²) in [6, 6.07) is 0. The van der Waals surface area contributed by atoms with E-state index in [0.29, 0.717) is 0 Å². The molecule has 1 unspecified atom stereocenters. The molecule has 0 aliphatic rings. The van der Waals surface area contributed by atoms with Crippen molar-refractivity contribution in [1.82, 2.24) is 0 Å². The topological polar surface area (TPSA) is 0 Å². The average Bonchev–Trinajstić information content (AvgIpc) is 2.00. The van der Waals surface area contributed by atoms with Gasteiger partial charge in [-0.2, -0.15) is 0 Å². The molecule has 0 radical (unpaired) electrons. The van der Waals surface area contributed by atoms with Crippen molar-refractivity contribution in [2.75, 3.05) is 0 Å². The molecule has 0 aromatic carbocycles. The van der Waals surface area contributed by atoms with Crippen LogP contribution in [0.4, 0.5) is 0 Å². The van der Waals surface area contributed by atoms with E-state index in [-0.39, 0.29) is 0 Å².